The molecule has 1 aliphatic rings. The maximum Gasteiger partial charge on any atom is 0.410 e. The molecule has 22 heavy (non-hydrogen) atoms. The lowest BCUT2D eigenvalue weighted by Gasteiger charge is -2.38. The van der Waals surface area contributed by atoms with Crippen LogP contribution in [-0.4, -0.2) is 29.7 Å². The SMILES string of the molecule is C=C(/C(F)=C(\C)CC)C1CCN(C(=O)OC(C)(C)C)CC1C. The number of allylic oxidation sites excluding steroid dienone is 3. The molecule has 126 valence electrons. The number of carbonyl (C=O) groups excluding carboxylic acids is 1. The van der Waals surface area contributed by atoms with Gasteiger partial charge in [-0.15, -0.1) is 0 Å². The number of carbonyl (C=O) groups is 1. The van der Waals surface area contributed by atoms with Crippen molar-refractivity contribution < 1.29 is 13.9 Å². The number of nitrogens with zero attached hydrogens (tertiary/aromatic N) is 1. The van der Waals surface area contributed by atoms with Gasteiger partial charge < -0.3 is 9.64 Å². The van der Waals surface area contributed by atoms with Crippen molar-refractivity contribution >= 4 is 6.09 Å². The highest BCUT2D eigenvalue weighted by Crippen LogP contribution is 2.35. The van der Waals surface area contributed by atoms with Crippen molar-refractivity contribution in [1.29, 1.82) is 0 Å². The van der Waals surface area contributed by atoms with Crippen LogP contribution in [0.25, 0.3) is 0 Å². The van der Waals surface area contributed by atoms with Crippen LogP contribution in [0.2, 0.25) is 0 Å². The normalized spacial score (nSPS) is 23.9. The summed E-state index contributed by atoms with van der Waals surface area (Å²) in [6.07, 6.45) is 1.13. The van der Waals surface area contributed by atoms with Crippen molar-refractivity contribution in [1.82, 2.24) is 4.90 Å². The van der Waals surface area contributed by atoms with E-state index >= 15 is 0 Å². The summed E-state index contributed by atoms with van der Waals surface area (Å²) in [4.78, 5) is 13.8. The van der Waals surface area contributed by atoms with E-state index in [-0.39, 0.29) is 23.8 Å². The van der Waals surface area contributed by atoms with Gasteiger partial charge in [0, 0.05) is 13.1 Å². The smallest absolute Gasteiger partial charge is 0.410 e. The molecule has 1 fully saturated rings. The summed E-state index contributed by atoms with van der Waals surface area (Å²) in [5, 5.41) is 0. The second kappa shape index (κ2) is 7.30. The van der Waals surface area contributed by atoms with Crippen LogP contribution >= 0.6 is 0 Å². The van der Waals surface area contributed by atoms with Crippen molar-refractivity contribution in [3.63, 3.8) is 0 Å². The van der Waals surface area contributed by atoms with E-state index in [1.54, 1.807) is 11.8 Å². The molecule has 0 aromatic heterocycles. The zero-order valence-electron chi connectivity index (χ0n) is 14.8. The zero-order valence-corrected chi connectivity index (χ0v) is 14.8. The first kappa shape index (κ1) is 18.7. The molecule has 1 amide bonds. The molecule has 0 aromatic carbocycles. The summed E-state index contributed by atoms with van der Waals surface area (Å²) in [5.74, 6) is 0.0921. The first-order valence-electron chi connectivity index (χ1n) is 8.09. The van der Waals surface area contributed by atoms with Crippen LogP contribution in [0.5, 0.6) is 0 Å². The first-order chi connectivity index (χ1) is 10.1. The van der Waals surface area contributed by atoms with Gasteiger partial charge in [-0.1, -0.05) is 20.4 Å². The van der Waals surface area contributed by atoms with E-state index in [1.807, 2.05) is 34.6 Å². The Kier molecular flexibility index (Phi) is 6.21. The van der Waals surface area contributed by atoms with Crippen LogP contribution in [0.15, 0.2) is 23.6 Å². The van der Waals surface area contributed by atoms with Crippen molar-refractivity contribution in [2.45, 2.75) is 60.0 Å². The van der Waals surface area contributed by atoms with Crippen LogP contribution < -0.4 is 0 Å². The van der Waals surface area contributed by atoms with E-state index in [0.29, 0.717) is 25.1 Å². The number of hydrogen-bond acceptors (Lipinski definition) is 2. The molecular weight excluding hydrogens is 281 g/mol. The molecule has 3 nitrogen and oxygen atoms in total. The van der Waals surface area contributed by atoms with Crippen molar-refractivity contribution in [2.24, 2.45) is 11.8 Å². The third kappa shape index (κ3) is 4.85. The molecule has 1 rings (SSSR count). The number of hydrogen-bond donors (Lipinski definition) is 0. The van der Waals surface area contributed by atoms with Gasteiger partial charge >= 0.3 is 6.09 Å². The van der Waals surface area contributed by atoms with E-state index in [2.05, 4.69) is 6.58 Å². The number of ether oxygens (including phenoxy) is 1. The predicted molar refractivity (Wildman–Crippen MR) is 88.3 cm³/mol. The van der Waals surface area contributed by atoms with Gasteiger partial charge in [-0.25, -0.2) is 9.18 Å². The molecule has 0 aliphatic carbocycles. The van der Waals surface area contributed by atoms with Gasteiger partial charge in [-0.05, 0) is 63.5 Å². The molecule has 0 spiro atoms. The molecule has 4 heteroatoms. The van der Waals surface area contributed by atoms with E-state index in [9.17, 15) is 9.18 Å². The molecule has 1 heterocycles. The van der Waals surface area contributed by atoms with E-state index in [1.165, 1.54) is 0 Å². The highest BCUT2D eigenvalue weighted by Gasteiger charge is 2.33. The fourth-order valence-electron chi connectivity index (χ4n) is 2.75. The molecule has 0 radical (unpaired) electrons. The summed E-state index contributed by atoms with van der Waals surface area (Å²) in [7, 11) is 0. The fraction of sp³-hybridized carbons (Fsp3) is 0.722. The van der Waals surface area contributed by atoms with Crippen LogP contribution in [0.4, 0.5) is 9.18 Å². The zero-order chi connectivity index (χ0) is 17.1. The quantitative estimate of drug-likeness (QED) is 0.679. The lowest BCUT2D eigenvalue weighted by molar-refractivity contribution is 0.0136. The Morgan fingerprint density at radius 2 is 2.00 bits per heavy atom. The summed E-state index contributed by atoms with van der Waals surface area (Å²) in [6, 6.07) is 0. The molecule has 0 N–H and O–H groups in total. The number of rotatable bonds is 3. The minimum absolute atomic E-state index is 0.0835. The molecular formula is C18H30FNO2. The Morgan fingerprint density at radius 3 is 2.45 bits per heavy atom. The fourth-order valence-corrected chi connectivity index (χ4v) is 2.75. The van der Waals surface area contributed by atoms with Gasteiger partial charge in [0.15, 0.2) is 0 Å². The highest BCUT2D eigenvalue weighted by molar-refractivity contribution is 5.68. The van der Waals surface area contributed by atoms with Gasteiger partial charge in [0.1, 0.15) is 11.4 Å². The second-order valence-corrected chi connectivity index (χ2v) is 7.27. The van der Waals surface area contributed by atoms with Crippen LogP contribution in [0.3, 0.4) is 0 Å². The Morgan fingerprint density at radius 1 is 1.41 bits per heavy atom. The standard InChI is InChI=1S/C18H30FNO2/c1-8-12(2)16(19)14(4)15-9-10-20(11-13(15)3)17(21)22-18(5,6)7/h13,15H,4,8-11H2,1-3,5-7H3/b16-12-. The lowest BCUT2D eigenvalue weighted by Crippen LogP contribution is -2.45. The van der Waals surface area contributed by atoms with Gasteiger partial charge in [0.05, 0.1) is 0 Å². The molecule has 0 bridgehead atoms. The monoisotopic (exact) mass is 311 g/mol. The summed E-state index contributed by atoms with van der Waals surface area (Å²) >= 11 is 0. The van der Waals surface area contributed by atoms with E-state index in [0.717, 1.165) is 12.0 Å². The van der Waals surface area contributed by atoms with Crippen LogP contribution in [0, 0.1) is 11.8 Å². The van der Waals surface area contributed by atoms with Crippen molar-refractivity contribution in [3.8, 4) is 0 Å². The van der Waals surface area contributed by atoms with Gasteiger partial charge in [0.2, 0.25) is 0 Å². The highest BCUT2D eigenvalue weighted by atomic mass is 19.1. The molecule has 1 saturated heterocycles. The van der Waals surface area contributed by atoms with Gasteiger partial charge in [-0.3, -0.25) is 0 Å². The Balaban J connectivity index is 2.71. The molecule has 2 unspecified atom stereocenters. The first-order valence-corrected chi connectivity index (χ1v) is 8.09. The van der Waals surface area contributed by atoms with Crippen LogP contribution in [0.1, 0.15) is 54.4 Å². The van der Waals surface area contributed by atoms with E-state index in [4.69, 9.17) is 4.74 Å². The van der Waals surface area contributed by atoms with Crippen LogP contribution in [-0.2, 0) is 4.74 Å². The maximum atomic E-state index is 14.3. The average molecular weight is 311 g/mol. The average Bonchev–Trinajstić information content (AvgIpc) is 2.42. The van der Waals surface area contributed by atoms with Gasteiger partial charge in [0.25, 0.3) is 0 Å². The number of halogens is 1. The Hall–Kier alpha value is -1.32. The number of amides is 1. The minimum Gasteiger partial charge on any atom is -0.444 e. The largest absolute Gasteiger partial charge is 0.444 e. The Labute approximate surface area is 134 Å². The van der Waals surface area contributed by atoms with Crippen molar-refractivity contribution in [3.05, 3.63) is 23.6 Å². The predicted octanol–water partition coefficient (Wildman–Crippen LogP) is 5.09. The minimum atomic E-state index is -0.492. The summed E-state index contributed by atoms with van der Waals surface area (Å²) < 4.78 is 19.7. The molecule has 2 atom stereocenters. The topological polar surface area (TPSA) is 29.5 Å². The van der Waals surface area contributed by atoms with Gasteiger partial charge in [-0.2, -0.15) is 0 Å². The molecule has 0 aromatic rings. The summed E-state index contributed by atoms with van der Waals surface area (Å²) in [5.41, 5.74) is 0.830. The maximum absolute atomic E-state index is 14.3. The van der Waals surface area contributed by atoms with E-state index < -0.39 is 5.60 Å². The number of likely N-dealkylation sites (tertiary alicyclic amines) is 1. The molecule has 1 aliphatic heterocycles. The summed E-state index contributed by atoms with van der Waals surface area (Å²) in [6.45, 7) is 16.5. The van der Waals surface area contributed by atoms with Crippen molar-refractivity contribution in [2.75, 3.05) is 13.1 Å². The second-order valence-electron chi connectivity index (χ2n) is 7.27. The third-order valence-corrected chi connectivity index (χ3v) is 4.19. The lowest BCUT2D eigenvalue weighted by atomic mass is 9.80. The molecule has 0 saturated carbocycles. The third-order valence-electron chi connectivity index (χ3n) is 4.19. The Bertz CT molecular complexity index is 462. The number of piperidine rings is 1.